The van der Waals surface area contributed by atoms with E-state index in [4.69, 9.17) is 0 Å². The molecule has 1 aliphatic heterocycles. The van der Waals surface area contributed by atoms with Gasteiger partial charge in [0, 0.05) is 18.2 Å². The highest BCUT2D eigenvalue weighted by Gasteiger charge is 2.25. The Balaban J connectivity index is 2.44. The molecule has 1 aliphatic rings. The van der Waals surface area contributed by atoms with Gasteiger partial charge in [-0.05, 0) is 36.0 Å². The number of rotatable bonds is 2. The summed E-state index contributed by atoms with van der Waals surface area (Å²) < 4.78 is 0. The van der Waals surface area contributed by atoms with Gasteiger partial charge in [-0.1, -0.05) is 39.8 Å². The molecular weight excluding hydrogens is 222 g/mol. The molecule has 0 saturated heterocycles. The Morgan fingerprint density at radius 3 is 2.56 bits per heavy atom. The van der Waals surface area contributed by atoms with Crippen molar-refractivity contribution in [2.75, 3.05) is 11.4 Å². The maximum Gasteiger partial charge on any atom is 0.229 e. The summed E-state index contributed by atoms with van der Waals surface area (Å²) in [5.74, 6) is 0.838. The van der Waals surface area contributed by atoms with Gasteiger partial charge in [-0.3, -0.25) is 4.79 Å². The van der Waals surface area contributed by atoms with Crippen LogP contribution >= 0.6 is 0 Å². The zero-order chi connectivity index (χ0) is 13.3. The SMILES string of the molecule is CC(C)C(=O)N1CCCc2c(C(C)C)cccc21. The van der Waals surface area contributed by atoms with Crippen molar-refractivity contribution in [2.45, 2.75) is 46.5 Å². The van der Waals surface area contributed by atoms with Gasteiger partial charge in [-0.15, -0.1) is 0 Å². The van der Waals surface area contributed by atoms with Crippen LogP contribution < -0.4 is 4.90 Å². The van der Waals surface area contributed by atoms with E-state index in [0.717, 1.165) is 25.1 Å². The van der Waals surface area contributed by atoms with Crippen LogP contribution in [-0.4, -0.2) is 12.5 Å². The van der Waals surface area contributed by atoms with E-state index in [1.54, 1.807) is 0 Å². The standard InChI is InChI=1S/C16H23NO/c1-11(2)13-7-5-9-15-14(13)8-6-10-17(15)16(18)12(3)4/h5,7,9,11-12H,6,8,10H2,1-4H3. The molecule has 1 aromatic carbocycles. The molecule has 2 heteroatoms. The van der Waals surface area contributed by atoms with Gasteiger partial charge in [0.2, 0.25) is 5.91 Å². The Kier molecular flexibility index (Phi) is 3.74. The van der Waals surface area contributed by atoms with Gasteiger partial charge in [-0.25, -0.2) is 0 Å². The molecule has 18 heavy (non-hydrogen) atoms. The molecule has 1 aromatic rings. The Hall–Kier alpha value is -1.31. The summed E-state index contributed by atoms with van der Waals surface area (Å²) in [6, 6.07) is 6.38. The first-order chi connectivity index (χ1) is 8.52. The van der Waals surface area contributed by atoms with E-state index >= 15 is 0 Å². The second-order valence-electron chi connectivity index (χ2n) is 5.75. The summed E-state index contributed by atoms with van der Waals surface area (Å²) in [6.45, 7) is 9.26. The molecule has 1 heterocycles. The topological polar surface area (TPSA) is 20.3 Å². The van der Waals surface area contributed by atoms with E-state index < -0.39 is 0 Å². The number of nitrogens with zero attached hydrogens (tertiary/aromatic N) is 1. The summed E-state index contributed by atoms with van der Waals surface area (Å²) in [6.07, 6.45) is 2.18. The molecule has 0 aliphatic carbocycles. The van der Waals surface area contributed by atoms with E-state index in [2.05, 4.69) is 32.0 Å². The van der Waals surface area contributed by atoms with Crippen LogP contribution in [0.4, 0.5) is 5.69 Å². The van der Waals surface area contributed by atoms with Crippen LogP contribution in [0.1, 0.15) is 51.2 Å². The summed E-state index contributed by atoms with van der Waals surface area (Å²) >= 11 is 0. The van der Waals surface area contributed by atoms with Crippen molar-refractivity contribution < 1.29 is 4.79 Å². The predicted octanol–water partition coefficient (Wildman–Crippen LogP) is 3.75. The number of carbonyl (C=O) groups excluding carboxylic acids is 1. The van der Waals surface area contributed by atoms with Crippen LogP contribution in [0.3, 0.4) is 0 Å². The largest absolute Gasteiger partial charge is 0.312 e. The van der Waals surface area contributed by atoms with Crippen LogP contribution in [-0.2, 0) is 11.2 Å². The number of amides is 1. The molecule has 0 N–H and O–H groups in total. The first-order valence-corrected chi connectivity index (χ1v) is 6.95. The van der Waals surface area contributed by atoms with E-state index in [-0.39, 0.29) is 11.8 Å². The number of hydrogen-bond donors (Lipinski definition) is 0. The Morgan fingerprint density at radius 1 is 1.22 bits per heavy atom. The van der Waals surface area contributed by atoms with Gasteiger partial charge in [0.15, 0.2) is 0 Å². The summed E-state index contributed by atoms with van der Waals surface area (Å²) in [5, 5.41) is 0. The van der Waals surface area contributed by atoms with Crippen molar-refractivity contribution in [2.24, 2.45) is 5.92 Å². The Labute approximate surface area is 110 Å². The lowest BCUT2D eigenvalue weighted by Crippen LogP contribution is -2.38. The van der Waals surface area contributed by atoms with Crippen LogP contribution in [0, 0.1) is 5.92 Å². The average Bonchev–Trinajstić information content (AvgIpc) is 2.36. The Bertz CT molecular complexity index is 448. The third kappa shape index (κ3) is 2.29. The lowest BCUT2D eigenvalue weighted by molar-refractivity contribution is -0.121. The zero-order valence-corrected chi connectivity index (χ0v) is 11.9. The fourth-order valence-corrected chi connectivity index (χ4v) is 2.73. The van der Waals surface area contributed by atoms with E-state index in [1.807, 2.05) is 18.7 Å². The van der Waals surface area contributed by atoms with Gasteiger partial charge in [-0.2, -0.15) is 0 Å². The minimum Gasteiger partial charge on any atom is -0.312 e. The molecule has 0 saturated carbocycles. The first kappa shape index (κ1) is 13.1. The maximum atomic E-state index is 12.3. The van der Waals surface area contributed by atoms with Gasteiger partial charge < -0.3 is 4.90 Å². The number of benzene rings is 1. The lowest BCUT2D eigenvalue weighted by atomic mass is 9.90. The number of carbonyl (C=O) groups is 1. The molecule has 0 atom stereocenters. The van der Waals surface area contributed by atoms with Crippen molar-refractivity contribution >= 4 is 11.6 Å². The van der Waals surface area contributed by atoms with Gasteiger partial charge in [0.25, 0.3) is 0 Å². The number of hydrogen-bond acceptors (Lipinski definition) is 1. The van der Waals surface area contributed by atoms with Crippen molar-refractivity contribution in [3.8, 4) is 0 Å². The normalized spacial score (nSPS) is 15.1. The number of anilines is 1. The highest BCUT2D eigenvalue weighted by molar-refractivity contribution is 5.96. The number of fused-ring (bicyclic) bond motifs is 1. The van der Waals surface area contributed by atoms with Crippen LogP contribution in [0.15, 0.2) is 18.2 Å². The summed E-state index contributed by atoms with van der Waals surface area (Å²) in [5.41, 5.74) is 3.92. The van der Waals surface area contributed by atoms with Crippen molar-refractivity contribution in [1.29, 1.82) is 0 Å². The fourth-order valence-electron chi connectivity index (χ4n) is 2.73. The molecule has 2 nitrogen and oxygen atoms in total. The van der Waals surface area contributed by atoms with Gasteiger partial charge in [0.05, 0.1) is 0 Å². The predicted molar refractivity (Wildman–Crippen MR) is 76.0 cm³/mol. The molecule has 0 aromatic heterocycles. The van der Waals surface area contributed by atoms with Crippen molar-refractivity contribution in [1.82, 2.24) is 0 Å². The molecule has 98 valence electrons. The molecule has 0 radical (unpaired) electrons. The lowest BCUT2D eigenvalue weighted by Gasteiger charge is -2.32. The molecule has 1 amide bonds. The van der Waals surface area contributed by atoms with E-state index in [0.29, 0.717) is 5.92 Å². The fraction of sp³-hybridized carbons (Fsp3) is 0.562. The molecular formula is C16H23NO. The highest BCUT2D eigenvalue weighted by Crippen LogP contribution is 2.33. The van der Waals surface area contributed by atoms with Crippen LogP contribution in [0.25, 0.3) is 0 Å². The minimum absolute atomic E-state index is 0.0682. The molecule has 0 fully saturated rings. The van der Waals surface area contributed by atoms with Crippen molar-refractivity contribution in [3.05, 3.63) is 29.3 Å². The smallest absolute Gasteiger partial charge is 0.229 e. The molecule has 2 rings (SSSR count). The second-order valence-corrected chi connectivity index (χ2v) is 5.75. The Morgan fingerprint density at radius 2 is 1.94 bits per heavy atom. The van der Waals surface area contributed by atoms with Crippen LogP contribution in [0.5, 0.6) is 0 Å². The van der Waals surface area contributed by atoms with Gasteiger partial charge in [0.1, 0.15) is 0 Å². The summed E-state index contributed by atoms with van der Waals surface area (Å²) in [7, 11) is 0. The van der Waals surface area contributed by atoms with Crippen LogP contribution in [0.2, 0.25) is 0 Å². The van der Waals surface area contributed by atoms with Crippen molar-refractivity contribution in [3.63, 3.8) is 0 Å². The molecule has 0 unspecified atom stereocenters. The molecule has 0 spiro atoms. The zero-order valence-electron chi connectivity index (χ0n) is 11.9. The first-order valence-electron chi connectivity index (χ1n) is 6.95. The van der Waals surface area contributed by atoms with Gasteiger partial charge >= 0.3 is 0 Å². The average molecular weight is 245 g/mol. The van der Waals surface area contributed by atoms with E-state index in [9.17, 15) is 4.79 Å². The van der Waals surface area contributed by atoms with E-state index in [1.165, 1.54) is 11.1 Å². The maximum absolute atomic E-state index is 12.3. The summed E-state index contributed by atoms with van der Waals surface area (Å²) in [4.78, 5) is 14.2. The monoisotopic (exact) mass is 245 g/mol. The third-order valence-electron chi connectivity index (χ3n) is 3.67. The molecule has 0 bridgehead atoms. The highest BCUT2D eigenvalue weighted by atomic mass is 16.2. The second kappa shape index (κ2) is 5.13. The minimum atomic E-state index is 0.0682. The quantitative estimate of drug-likeness (QED) is 0.777. The third-order valence-corrected chi connectivity index (χ3v) is 3.67.